The van der Waals surface area contributed by atoms with Crippen molar-refractivity contribution in [3.05, 3.63) is 64.2 Å². The number of phenols is 1. The summed E-state index contributed by atoms with van der Waals surface area (Å²) >= 11 is 5.85. The lowest BCUT2D eigenvalue weighted by Crippen LogP contribution is -2.29. The Labute approximate surface area is 162 Å². The van der Waals surface area contributed by atoms with Crippen LogP contribution in [0.2, 0.25) is 5.02 Å². The number of aromatic nitrogens is 4. The summed E-state index contributed by atoms with van der Waals surface area (Å²) in [6, 6.07) is 8.98. The Morgan fingerprint density at radius 1 is 1.19 bits per heavy atom. The molecule has 142 valence electrons. The standard InChI is InChI=1S/C19H21ClFN5O/c1-11-5-7-13(16(27)9-11)17(18-23-24-25-26(18)19(2,3)4)22-15-8-6-12(20)10-14(15)21/h5-10,17,22,27H,1-4H3. The van der Waals surface area contributed by atoms with Gasteiger partial charge in [0.15, 0.2) is 5.82 Å². The Morgan fingerprint density at radius 2 is 1.93 bits per heavy atom. The predicted molar refractivity (Wildman–Crippen MR) is 103 cm³/mol. The third-order valence-corrected chi connectivity index (χ3v) is 4.35. The number of anilines is 1. The lowest BCUT2D eigenvalue weighted by molar-refractivity contribution is 0.332. The molecule has 3 aromatic rings. The Hall–Kier alpha value is -2.67. The number of aryl methyl sites for hydroxylation is 1. The molecule has 1 atom stereocenters. The molecule has 0 amide bonds. The SMILES string of the molecule is Cc1ccc(C(Nc2ccc(Cl)cc2F)c2nnnn2C(C)(C)C)c(O)c1. The third kappa shape index (κ3) is 4.03. The van der Waals surface area contributed by atoms with Crippen LogP contribution in [0.25, 0.3) is 0 Å². The number of rotatable bonds is 4. The Balaban J connectivity index is 2.14. The summed E-state index contributed by atoms with van der Waals surface area (Å²) in [5.41, 5.74) is 1.27. The van der Waals surface area contributed by atoms with E-state index in [-0.39, 0.29) is 11.4 Å². The summed E-state index contributed by atoms with van der Waals surface area (Å²) < 4.78 is 16.1. The number of tetrazole rings is 1. The van der Waals surface area contributed by atoms with Crippen LogP contribution >= 0.6 is 11.6 Å². The minimum absolute atomic E-state index is 0.0744. The molecular weight excluding hydrogens is 369 g/mol. The summed E-state index contributed by atoms with van der Waals surface area (Å²) in [7, 11) is 0. The lowest BCUT2D eigenvalue weighted by atomic mass is 10.0. The Bertz CT molecular complexity index is 967. The zero-order valence-electron chi connectivity index (χ0n) is 15.5. The van der Waals surface area contributed by atoms with Gasteiger partial charge >= 0.3 is 0 Å². The van der Waals surface area contributed by atoms with E-state index in [4.69, 9.17) is 11.6 Å². The van der Waals surface area contributed by atoms with Crippen LogP contribution in [0.5, 0.6) is 5.75 Å². The van der Waals surface area contributed by atoms with Crippen LogP contribution in [0, 0.1) is 12.7 Å². The molecule has 1 unspecified atom stereocenters. The first kappa shape index (κ1) is 19.1. The summed E-state index contributed by atoms with van der Waals surface area (Å²) in [5, 5.41) is 25.9. The molecule has 0 aliphatic carbocycles. The molecule has 2 N–H and O–H groups in total. The lowest BCUT2D eigenvalue weighted by Gasteiger charge is -2.26. The summed E-state index contributed by atoms with van der Waals surface area (Å²) in [6.45, 7) is 7.76. The second-order valence-electron chi connectivity index (χ2n) is 7.38. The van der Waals surface area contributed by atoms with Crippen molar-refractivity contribution >= 4 is 17.3 Å². The predicted octanol–water partition coefficient (Wildman–Crippen LogP) is 4.44. The zero-order chi connectivity index (χ0) is 19.8. The first-order chi connectivity index (χ1) is 12.7. The van der Waals surface area contributed by atoms with E-state index < -0.39 is 17.4 Å². The van der Waals surface area contributed by atoms with Gasteiger partial charge < -0.3 is 10.4 Å². The van der Waals surface area contributed by atoms with Crippen LogP contribution in [0.1, 0.15) is 43.8 Å². The van der Waals surface area contributed by atoms with Gasteiger partial charge in [-0.1, -0.05) is 23.7 Å². The smallest absolute Gasteiger partial charge is 0.178 e. The molecule has 27 heavy (non-hydrogen) atoms. The van der Waals surface area contributed by atoms with Crippen LogP contribution < -0.4 is 5.32 Å². The second-order valence-corrected chi connectivity index (χ2v) is 7.82. The molecule has 0 aliphatic rings. The number of benzene rings is 2. The van der Waals surface area contributed by atoms with E-state index in [0.717, 1.165) is 5.56 Å². The average Bonchev–Trinajstić information content (AvgIpc) is 3.05. The number of hydrogen-bond donors (Lipinski definition) is 2. The average molecular weight is 390 g/mol. The van der Waals surface area contributed by atoms with Crippen LogP contribution in [0.3, 0.4) is 0 Å². The van der Waals surface area contributed by atoms with Gasteiger partial charge in [-0.2, -0.15) is 0 Å². The van der Waals surface area contributed by atoms with Crippen molar-refractivity contribution in [1.82, 2.24) is 20.2 Å². The van der Waals surface area contributed by atoms with E-state index in [1.807, 2.05) is 33.8 Å². The maximum Gasteiger partial charge on any atom is 0.178 e. The normalized spacial score (nSPS) is 12.8. The van der Waals surface area contributed by atoms with Gasteiger partial charge in [-0.3, -0.25) is 0 Å². The van der Waals surface area contributed by atoms with Crippen LogP contribution in [-0.2, 0) is 5.54 Å². The van der Waals surface area contributed by atoms with E-state index in [1.54, 1.807) is 28.9 Å². The molecule has 3 rings (SSSR count). The number of hydrogen-bond acceptors (Lipinski definition) is 5. The van der Waals surface area contributed by atoms with Gasteiger partial charge in [0.2, 0.25) is 0 Å². The highest BCUT2D eigenvalue weighted by Crippen LogP contribution is 2.34. The van der Waals surface area contributed by atoms with Crippen molar-refractivity contribution < 1.29 is 9.50 Å². The van der Waals surface area contributed by atoms with Crippen molar-refractivity contribution in [2.45, 2.75) is 39.3 Å². The number of aromatic hydroxyl groups is 1. The summed E-state index contributed by atoms with van der Waals surface area (Å²) in [5.74, 6) is 0.0234. The maximum atomic E-state index is 14.4. The topological polar surface area (TPSA) is 75.9 Å². The molecule has 8 heteroatoms. The van der Waals surface area contributed by atoms with Crippen LogP contribution in [0.15, 0.2) is 36.4 Å². The van der Waals surface area contributed by atoms with Crippen molar-refractivity contribution in [3.8, 4) is 5.75 Å². The fourth-order valence-corrected chi connectivity index (χ4v) is 2.95. The molecule has 0 saturated carbocycles. The fraction of sp³-hybridized carbons (Fsp3) is 0.316. The van der Waals surface area contributed by atoms with Crippen molar-refractivity contribution in [2.24, 2.45) is 0 Å². The highest BCUT2D eigenvalue weighted by atomic mass is 35.5. The Kier molecular flexibility index (Phi) is 5.06. The molecule has 0 saturated heterocycles. The number of nitrogens with one attached hydrogen (secondary N) is 1. The minimum Gasteiger partial charge on any atom is -0.508 e. The van der Waals surface area contributed by atoms with E-state index in [2.05, 4.69) is 20.8 Å². The van der Waals surface area contributed by atoms with E-state index in [1.165, 1.54) is 6.07 Å². The van der Waals surface area contributed by atoms with E-state index in [0.29, 0.717) is 16.4 Å². The second kappa shape index (κ2) is 7.15. The maximum absolute atomic E-state index is 14.4. The molecule has 6 nitrogen and oxygen atoms in total. The van der Waals surface area contributed by atoms with Crippen molar-refractivity contribution in [3.63, 3.8) is 0 Å². The molecule has 0 fully saturated rings. The van der Waals surface area contributed by atoms with Crippen LogP contribution in [0.4, 0.5) is 10.1 Å². The molecule has 0 radical (unpaired) electrons. The van der Waals surface area contributed by atoms with Gasteiger partial charge in [-0.05, 0) is 68.0 Å². The quantitative estimate of drug-likeness (QED) is 0.690. The van der Waals surface area contributed by atoms with Crippen molar-refractivity contribution in [1.29, 1.82) is 0 Å². The summed E-state index contributed by atoms with van der Waals surface area (Å²) in [6.07, 6.45) is 0. The minimum atomic E-state index is -0.671. The van der Waals surface area contributed by atoms with Gasteiger partial charge in [0, 0.05) is 10.6 Å². The molecular formula is C19H21ClFN5O. The number of halogens is 2. The molecule has 0 bridgehead atoms. The molecule has 1 heterocycles. The fourth-order valence-electron chi connectivity index (χ4n) is 2.79. The number of nitrogens with zero attached hydrogens (tertiary/aromatic N) is 4. The van der Waals surface area contributed by atoms with Crippen molar-refractivity contribution in [2.75, 3.05) is 5.32 Å². The van der Waals surface area contributed by atoms with Gasteiger partial charge in [-0.15, -0.1) is 5.10 Å². The zero-order valence-corrected chi connectivity index (χ0v) is 16.3. The highest BCUT2D eigenvalue weighted by Gasteiger charge is 2.29. The van der Waals surface area contributed by atoms with E-state index in [9.17, 15) is 9.50 Å². The van der Waals surface area contributed by atoms with Gasteiger partial charge in [0.1, 0.15) is 17.6 Å². The molecule has 1 aromatic heterocycles. The molecule has 0 aliphatic heterocycles. The molecule has 2 aromatic carbocycles. The third-order valence-electron chi connectivity index (χ3n) is 4.12. The largest absolute Gasteiger partial charge is 0.508 e. The van der Waals surface area contributed by atoms with Gasteiger partial charge in [0.05, 0.1) is 11.2 Å². The highest BCUT2D eigenvalue weighted by molar-refractivity contribution is 6.30. The van der Waals surface area contributed by atoms with Crippen LogP contribution in [-0.4, -0.2) is 25.3 Å². The Morgan fingerprint density at radius 3 is 2.56 bits per heavy atom. The van der Waals surface area contributed by atoms with Gasteiger partial charge in [0.25, 0.3) is 0 Å². The summed E-state index contributed by atoms with van der Waals surface area (Å²) in [4.78, 5) is 0. The first-order valence-electron chi connectivity index (χ1n) is 8.46. The molecule has 0 spiro atoms. The van der Waals surface area contributed by atoms with E-state index >= 15 is 0 Å². The first-order valence-corrected chi connectivity index (χ1v) is 8.84. The van der Waals surface area contributed by atoms with Gasteiger partial charge in [-0.25, -0.2) is 9.07 Å². The monoisotopic (exact) mass is 389 g/mol. The number of phenolic OH excluding ortho intramolecular Hbond substituents is 1.